The summed E-state index contributed by atoms with van der Waals surface area (Å²) in [5.74, 6) is 0.162. The van der Waals surface area contributed by atoms with Gasteiger partial charge < -0.3 is 19.7 Å². The Kier molecular flexibility index (Phi) is 6.62. The first-order valence-corrected chi connectivity index (χ1v) is 10.3. The summed E-state index contributed by atoms with van der Waals surface area (Å²) in [5, 5.41) is 3.35. The molecule has 5 heteroatoms. The van der Waals surface area contributed by atoms with Crippen LogP contribution in [0.5, 0.6) is 5.75 Å². The van der Waals surface area contributed by atoms with Gasteiger partial charge in [0.1, 0.15) is 24.5 Å². The third-order valence-electron chi connectivity index (χ3n) is 5.12. The molecule has 4 rings (SSSR count). The number of nitrogens with zero attached hydrogens (tertiary/aromatic N) is 1. The number of rotatable bonds is 7. The van der Waals surface area contributed by atoms with E-state index in [2.05, 4.69) is 10.2 Å². The molecule has 0 saturated carbocycles. The molecule has 1 fully saturated rings. The summed E-state index contributed by atoms with van der Waals surface area (Å²) in [6.07, 6.45) is 0. The first kappa shape index (κ1) is 20.0. The van der Waals surface area contributed by atoms with Gasteiger partial charge in [0, 0.05) is 31.9 Å². The highest BCUT2D eigenvalue weighted by atomic mass is 16.5. The van der Waals surface area contributed by atoms with E-state index in [4.69, 9.17) is 9.47 Å². The van der Waals surface area contributed by atoms with E-state index in [0.29, 0.717) is 17.9 Å². The van der Waals surface area contributed by atoms with Crippen LogP contribution in [0.1, 0.15) is 21.5 Å². The van der Waals surface area contributed by atoms with Crippen LogP contribution in [0.3, 0.4) is 0 Å². The Morgan fingerprint density at radius 1 is 0.833 bits per heavy atom. The lowest BCUT2D eigenvalue weighted by Crippen LogP contribution is -2.43. The molecular weight excluding hydrogens is 376 g/mol. The molecule has 0 radical (unpaired) electrons. The van der Waals surface area contributed by atoms with Gasteiger partial charge in [-0.2, -0.15) is 0 Å². The van der Waals surface area contributed by atoms with E-state index in [1.807, 2.05) is 78.9 Å². The number of nitrogens with one attached hydrogen (secondary N) is 1. The molecule has 3 aromatic carbocycles. The number of piperazine rings is 1. The molecule has 1 N–H and O–H groups in total. The molecule has 30 heavy (non-hydrogen) atoms. The van der Waals surface area contributed by atoms with Crippen LogP contribution in [-0.2, 0) is 18.0 Å². The summed E-state index contributed by atoms with van der Waals surface area (Å²) in [6.45, 7) is 4.30. The second-order valence-corrected chi connectivity index (χ2v) is 7.25. The number of ether oxygens (including phenoxy) is 2. The fourth-order valence-electron chi connectivity index (χ4n) is 3.46. The van der Waals surface area contributed by atoms with Crippen LogP contribution in [0.4, 0.5) is 5.69 Å². The summed E-state index contributed by atoms with van der Waals surface area (Å²) in [6, 6.07) is 25.4. The van der Waals surface area contributed by atoms with Crippen LogP contribution in [0.2, 0.25) is 0 Å². The predicted octanol–water partition coefficient (Wildman–Crippen LogP) is 4.03. The van der Waals surface area contributed by atoms with Crippen molar-refractivity contribution in [1.29, 1.82) is 0 Å². The maximum atomic E-state index is 13.0. The SMILES string of the molecule is O=C(OCc1ccccc1)c1cc(N2CCNCC2)ccc1OCc1ccccc1. The van der Waals surface area contributed by atoms with Gasteiger partial charge in [0.15, 0.2) is 0 Å². The van der Waals surface area contributed by atoms with Gasteiger partial charge in [-0.05, 0) is 29.3 Å². The fraction of sp³-hybridized carbons (Fsp3) is 0.240. The smallest absolute Gasteiger partial charge is 0.342 e. The van der Waals surface area contributed by atoms with Gasteiger partial charge in [-0.25, -0.2) is 4.79 Å². The maximum Gasteiger partial charge on any atom is 0.342 e. The van der Waals surface area contributed by atoms with Crippen molar-refractivity contribution >= 4 is 11.7 Å². The molecule has 0 aliphatic carbocycles. The monoisotopic (exact) mass is 402 g/mol. The number of hydrogen-bond acceptors (Lipinski definition) is 5. The molecule has 154 valence electrons. The van der Waals surface area contributed by atoms with Crippen molar-refractivity contribution in [2.24, 2.45) is 0 Å². The quantitative estimate of drug-likeness (QED) is 0.605. The molecule has 0 bridgehead atoms. The van der Waals surface area contributed by atoms with Crippen molar-refractivity contribution in [2.75, 3.05) is 31.1 Å². The topological polar surface area (TPSA) is 50.8 Å². The molecule has 3 aromatic rings. The number of carbonyl (C=O) groups is 1. The molecule has 0 aromatic heterocycles. The van der Waals surface area contributed by atoms with Crippen molar-refractivity contribution in [1.82, 2.24) is 5.32 Å². The van der Waals surface area contributed by atoms with Crippen LogP contribution in [-0.4, -0.2) is 32.1 Å². The second-order valence-electron chi connectivity index (χ2n) is 7.25. The summed E-state index contributed by atoms with van der Waals surface area (Å²) >= 11 is 0. The molecule has 0 unspecified atom stereocenters. The second kappa shape index (κ2) is 9.94. The van der Waals surface area contributed by atoms with Crippen LogP contribution in [0.25, 0.3) is 0 Å². The minimum Gasteiger partial charge on any atom is -0.488 e. The standard InChI is InChI=1S/C25H26N2O3/c28-25(30-19-21-9-5-2-6-10-21)23-17-22(27-15-13-26-14-16-27)11-12-24(23)29-18-20-7-3-1-4-8-20/h1-12,17,26H,13-16,18-19H2. The highest BCUT2D eigenvalue weighted by molar-refractivity contribution is 5.93. The average molecular weight is 402 g/mol. The Morgan fingerprint density at radius 2 is 1.47 bits per heavy atom. The number of esters is 1. The molecule has 0 spiro atoms. The molecule has 0 atom stereocenters. The summed E-state index contributed by atoms with van der Waals surface area (Å²) in [5.41, 5.74) is 3.47. The first-order chi connectivity index (χ1) is 14.8. The minimum absolute atomic E-state index is 0.232. The van der Waals surface area contributed by atoms with Gasteiger partial charge in [-0.15, -0.1) is 0 Å². The lowest BCUT2D eigenvalue weighted by atomic mass is 10.1. The zero-order chi connectivity index (χ0) is 20.6. The van der Waals surface area contributed by atoms with Gasteiger partial charge in [0.2, 0.25) is 0 Å². The Bertz CT molecular complexity index is 955. The molecule has 1 aliphatic heterocycles. The van der Waals surface area contributed by atoms with Crippen LogP contribution in [0, 0.1) is 0 Å². The average Bonchev–Trinajstić information content (AvgIpc) is 2.83. The molecule has 1 heterocycles. The third-order valence-corrected chi connectivity index (χ3v) is 5.12. The van der Waals surface area contributed by atoms with Crippen molar-refractivity contribution in [2.45, 2.75) is 13.2 Å². The van der Waals surface area contributed by atoms with Crippen LogP contribution in [0.15, 0.2) is 78.9 Å². The molecular formula is C25H26N2O3. The zero-order valence-corrected chi connectivity index (χ0v) is 16.9. The van der Waals surface area contributed by atoms with Crippen LogP contribution < -0.4 is 15.0 Å². The normalized spacial score (nSPS) is 13.7. The number of hydrogen-bond donors (Lipinski definition) is 1. The molecule has 1 aliphatic rings. The highest BCUT2D eigenvalue weighted by Gasteiger charge is 2.19. The Labute approximate surface area is 177 Å². The van der Waals surface area contributed by atoms with E-state index < -0.39 is 0 Å². The van der Waals surface area contributed by atoms with Crippen molar-refractivity contribution in [3.63, 3.8) is 0 Å². The van der Waals surface area contributed by atoms with Gasteiger partial charge in [-0.1, -0.05) is 60.7 Å². The van der Waals surface area contributed by atoms with E-state index in [1.54, 1.807) is 0 Å². The van der Waals surface area contributed by atoms with E-state index >= 15 is 0 Å². The van der Waals surface area contributed by atoms with Gasteiger partial charge in [0.25, 0.3) is 0 Å². The maximum absolute atomic E-state index is 13.0. The predicted molar refractivity (Wildman–Crippen MR) is 118 cm³/mol. The Morgan fingerprint density at radius 3 is 2.13 bits per heavy atom. The van der Waals surface area contributed by atoms with E-state index in [0.717, 1.165) is 43.0 Å². The molecule has 0 amide bonds. The Balaban J connectivity index is 1.53. The summed E-state index contributed by atoms with van der Waals surface area (Å²) in [4.78, 5) is 15.2. The molecule has 5 nitrogen and oxygen atoms in total. The van der Waals surface area contributed by atoms with Gasteiger partial charge in [-0.3, -0.25) is 0 Å². The summed E-state index contributed by atoms with van der Waals surface area (Å²) < 4.78 is 11.6. The van der Waals surface area contributed by atoms with Gasteiger partial charge in [0.05, 0.1) is 0 Å². The minimum atomic E-state index is -0.376. The number of benzene rings is 3. The Hall–Kier alpha value is -3.31. The largest absolute Gasteiger partial charge is 0.488 e. The highest BCUT2D eigenvalue weighted by Crippen LogP contribution is 2.27. The van der Waals surface area contributed by atoms with Crippen molar-refractivity contribution in [3.05, 3.63) is 95.6 Å². The first-order valence-electron chi connectivity index (χ1n) is 10.3. The van der Waals surface area contributed by atoms with E-state index in [1.165, 1.54) is 0 Å². The van der Waals surface area contributed by atoms with Crippen molar-refractivity contribution in [3.8, 4) is 5.75 Å². The van der Waals surface area contributed by atoms with E-state index in [-0.39, 0.29) is 12.6 Å². The lowest BCUT2D eigenvalue weighted by Gasteiger charge is -2.30. The lowest BCUT2D eigenvalue weighted by molar-refractivity contribution is 0.0467. The van der Waals surface area contributed by atoms with E-state index in [9.17, 15) is 4.79 Å². The third kappa shape index (κ3) is 5.19. The number of anilines is 1. The summed E-state index contributed by atoms with van der Waals surface area (Å²) in [7, 11) is 0. The number of carbonyl (C=O) groups excluding carboxylic acids is 1. The zero-order valence-electron chi connectivity index (χ0n) is 16.9. The van der Waals surface area contributed by atoms with Crippen molar-refractivity contribution < 1.29 is 14.3 Å². The molecule has 1 saturated heterocycles. The van der Waals surface area contributed by atoms with Crippen LogP contribution >= 0.6 is 0 Å². The fourth-order valence-corrected chi connectivity index (χ4v) is 3.46. The van der Waals surface area contributed by atoms with Gasteiger partial charge >= 0.3 is 5.97 Å².